The molecule has 0 unspecified atom stereocenters. The van der Waals surface area contributed by atoms with Crippen LogP contribution in [0.1, 0.15) is 94.2 Å². The Labute approximate surface area is 252 Å². The van der Waals surface area contributed by atoms with E-state index in [0.29, 0.717) is 30.4 Å². The van der Waals surface area contributed by atoms with Gasteiger partial charge in [-0.25, -0.2) is 4.79 Å². The van der Waals surface area contributed by atoms with Gasteiger partial charge in [0.1, 0.15) is 5.69 Å². The minimum absolute atomic E-state index is 0.146. The first kappa shape index (κ1) is 33.4. The Morgan fingerprint density at radius 1 is 1.07 bits per heavy atom. The number of aryl methyl sites for hydroxylation is 3. The van der Waals surface area contributed by atoms with Gasteiger partial charge in [0.15, 0.2) is 8.32 Å². The first-order valence-corrected chi connectivity index (χ1v) is 18.5. The monoisotopic (exact) mass is 603 g/mol. The molecule has 0 aliphatic heterocycles. The van der Waals surface area contributed by atoms with Crippen LogP contribution in [0, 0.1) is 0 Å². The summed E-state index contributed by atoms with van der Waals surface area (Å²) in [6.07, 6.45) is 6.96. The molecular formula is C32H50ClN3O4Si. The molecule has 0 atom stereocenters. The molecule has 0 bridgehead atoms. The van der Waals surface area contributed by atoms with E-state index in [1.807, 2.05) is 30.8 Å². The molecule has 0 saturated heterocycles. The topological polar surface area (TPSA) is 89.4 Å². The van der Waals surface area contributed by atoms with Crippen molar-refractivity contribution in [3.05, 3.63) is 39.8 Å². The number of hydrogen-bond acceptors (Lipinski definition) is 5. The second-order valence-electron chi connectivity index (χ2n) is 12.4. The normalized spacial score (nSPS) is 12.4. The number of aromatic nitrogens is 3. The Kier molecular flexibility index (Phi) is 11.7. The number of esters is 1. The van der Waals surface area contributed by atoms with Gasteiger partial charge in [-0.1, -0.05) is 58.2 Å². The third-order valence-corrected chi connectivity index (χ3v) is 13.3. The van der Waals surface area contributed by atoms with Crippen molar-refractivity contribution in [1.82, 2.24) is 14.8 Å². The Hall–Kier alpha value is -2.13. The molecule has 228 valence electrons. The van der Waals surface area contributed by atoms with E-state index in [-0.39, 0.29) is 17.6 Å². The second-order valence-corrected chi connectivity index (χ2v) is 17.6. The minimum atomic E-state index is -1.86. The molecule has 1 aromatic carbocycles. The number of aliphatic hydroxyl groups excluding tert-OH is 1. The van der Waals surface area contributed by atoms with Gasteiger partial charge in [-0.2, -0.15) is 5.10 Å². The lowest BCUT2D eigenvalue weighted by Crippen LogP contribution is -2.41. The Morgan fingerprint density at radius 2 is 1.78 bits per heavy atom. The number of hydrogen-bond donors (Lipinski definition) is 2. The van der Waals surface area contributed by atoms with Gasteiger partial charge < -0.3 is 19.3 Å². The fraction of sp³-hybridized carbons (Fsp3) is 0.625. The number of fused-ring (bicyclic) bond motifs is 1. The molecule has 2 N–H and O–H groups in total. The molecule has 0 amide bonds. The summed E-state index contributed by atoms with van der Waals surface area (Å²) in [5.74, 6) is -0.350. The zero-order valence-corrected chi connectivity index (χ0v) is 28.1. The standard InChI is InChI=1S/C32H50ClN3O4Si/c1-9-26-28(25(35-36(26)6)17-13-11-12-14-20-37)27-24(33)19-18-23-22(30(34-29(23)27)31(38)39-10-2)16-15-21-40-41(7,8)32(3,4)5/h18-19,34,37H,9-17,20-21H2,1-8H3. The summed E-state index contributed by atoms with van der Waals surface area (Å²) in [6, 6.07) is 3.95. The first-order valence-electron chi connectivity index (χ1n) is 15.2. The molecule has 3 aromatic rings. The summed E-state index contributed by atoms with van der Waals surface area (Å²) >= 11 is 6.96. The SMILES string of the molecule is CCOC(=O)c1[nH]c2c(-c3c(CCCCCCO)nn(C)c3CC)c(Cl)ccc2c1CCCO[Si](C)(C)C(C)(C)C. The minimum Gasteiger partial charge on any atom is -0.461 e. The highest BCUT2D eigenvalue weighted by molar-refractivity contribution is 6.74. The van der Waals surface area contributed by atoms with Crippen LogP contribution in [0.15, 0.2) is 12.1 Å². The summed E-state index contributed by atoms with van der Waals surface area (Å²) in [4.78, 5) is 16.6. The van der Waals surface area contributed by atoms with Gasteiger partial charge in [0.05, 0.1) is 22.8 Å². The fourth-order valence-corrected chi connectivity index (χ4v) is 6.55. The van der Waals surface area contributed by atoms with Crippen LogP contribution in [0.4, 0.5) is 0 Å². The van der Waals surface area contributed by atoms with Crippen LogP contribution in [-0.2, 0) is 35.5 Å². The Bertz CT molecular complexity index is 1320. The smallest absolute Gasteiger partial charge is 0.355 e. The maximum atomic E-state index is 13.2. The lowest BCUT2D eigenvalue weighted by Gasteiger charge is -2.36. The van der Waals surface area contributed by atoms with E-state index in [0.717, 1.165) is 83.9 Å². The maximum absolute atomic E-state index is 13.2. The molecular weight excluding hydrogens is 554 g/mol. The molecule has 3 rings (SSSR count). The molecule has 0 aliphatic rings. The molecule has 0 saturated carbocycles. The predicted octanol–water partition coefficient (Wildman–Crippen LogP) is 8.01. The quantitative estimate of drug-likeness (QED) is 0.104. The lowest BCUT2D eigenvalue weighted by molar-refractivity contribution is 0.0519. The molecule has 0 aliphatic carbocycles. The van der Waals surface area contributed by atoms with Crippen molar-refractivity contribution in [2.24, 2.45) is 7.05 Å². The van der Waals surface area contributed by atoms with Crippen LogP contribution in [0.25, 0.3) is 22.0 Å². The van der Waals surface area contributed by atoms with Gasteiger partial charge in [0, 0.05) is 42.5 Å². The van der Waals surface area contributed by atoms with Gasteiger partial charge in [0.2, 0.25) is 0 Å². The van der Waals surface area contributed by atoms with E-state index in [2.05, 4.69) is 45.8 Å². The third-order valence-electron chi connectivity index (χ3n) is 8.50. The molecule has 2 heterocycles. The van der Waals surface area contributed by atoms with Crippen LogP contribution in [0.2, 0.25) is 23.2 Å². The number of carbonyl (C=O) groups excluding carboxylic acids is 1. The van der Waals surface area contributed by atoms with Crippen LogP contribution in [0.3, 0.4) is 0 Å². The average molecular weight is 604 g/mol. The molecule has 0 spiro atoms. The summed E-state index contributed by atoms with van der Waals surface area (Å²) in [5, 5.41) is 15.8. The van der Waals surface area contributed by atoms with Crippen LogP contribution < -0.4 is 0 Å². The number of aromatic amines is 1. The predicted molar refractivity (Wildman–Crippen MR) is 172 cm³/mol. The van der Waals surface area contributed by atoms with Gasteiger partial charge >= 0.3 is 5.97 Å². The summed E-state index contributed by atoms with van der Waals surface area (Å²) in [6.45, 7) is 16.4. The van der Waals surface area contributed by atoms with E-state index >= 15 is 0 Å². The zero-order valence-electron chi connectivity index (χ0n) is 26.4. The number of benzene rings is 1. The van der Waals surface area contributed by atoms with Crippen molar-refractivity contribution < 1.29 is 19.1 Å². The average Bonchev–Trinajstić information content (AvgIpc) is 3.42. The van der Waals surface area contributed by atoms with Crippen molar-refractivity contribution in [3.8, 4) is 11.1 Å². The number of H-pyrrole nitrogens is 1. The van der Waals surface area contributed by atoms with E-state index in [9.17, 15) is 4.79 Å². The van der Waals surface area contributed by atoms with Crippen LogP contribution >= 0.6 is 11.6 Å². The Morgan fingerprint density at radius 3 is 2.41 bits per heavy atom. The highest BCUT2D eigenvalue weighted by atomic mass is 35.5. The maximum Gasteiger partial charge on any atom is 0.355 e. The Balaban J connectivity index is 2.06. The van der Waals surface area contributed by atoms with Gasteiger partial charge in [-0.3, -0.25) is 4.68 Å². The van der Waals surface area contributed by atoms with Gasteiger partial charge in [-0.05, 0) is 75.2 Å². The third kappa shape index (κ3) is 7.64. The van der Waals surface area contributed by atoms with E-state index in [4.69, 9.17) is 31.0 Å². The highest BCUT2D eigenvalue weighted by Gasteiger charge is 2.37. The molecule has 2 aromatic heterocycles. The number of nitrogens with zero attached hydrogens (tertiary/aromatic N) is 2. The van der Waals surface area contributed by atoms with Gasteiger partial charge in [0.25, 0.3) is 0 Å². The number of carbonyl (C=O) groups is 1. The van der Waals surface area contributed by atoms with Crippen molar-refractivity contribution in [2.75, 3.05) is 19.8 Å². The zero-order chi connectivity index (χ0) is 30.4. The van der Waals surface area contributed by atoms with Crippen molar-refractivity contribution in [1.29, 1.82) is 0 Å². The summed E-state index contributed by atoms with van der Waals surface area (Å²) in [7, 11) is 0.123. The van der Waals surface area contributed by atoms with Crippen molar-refractivity contribution in [3.63, 3.8) is 0 Å². The number of rotatable bonds is 15. The molecule has 9 heteroatoms. The van der Waals surface area contributed by atoms with Crippen molar-refractivity contribution >= 4 is 36.8 Å². The number of aliphatic hydroxyl groups is 1. The number of unbranched alkanes of at least 4 members (excludes halogenated alkanes) is 3. The van der Waals surface area contributed by atoms with E-state index < -0.39 is 8.32 Å². The largest absolute Gasteiger partial charge is 0.461 e. The van der Waals surface area contributed by atoms with E-state index in [1.54, 1.807) is 0 Å². The lowest BCUT2D eigenvalue weighted by atomic mass is 9.95. The molecule has 0 fully saturated rings. The van der Waals surface area contributed by atoms with Crippen molar-refractivity contribution in [2.45, 2.75) is 104 Å². The highest BCUT2D eigenvalue weighted by Crippen LogP contribution is 2.42. The molecule has 0 radical (unpaired) electrons. The number of nitrogens with one attached hydrogen (secondary N) is 1. The fourth-order valence-electron chi connectivity index (χ4n) is 5.21. The summed E-state index contributed by atoms with van der Waals surface area (Å²) in [5.41, 5.74) is 6.37. The van der Waals surface area contributed by atoms with Gasteiger partial charge in [-0.15, -0.1) is 0 Å². The van der Waals surface area contributed by atoms with E-state index in [1.165, 1.54) is 0 Å². The second kappa shape index (κ2) is 14.4. The number of halogens is 1. The van der Waals surface area contributed by atoms with Crippen LogP contribution in [0.5, 0.6) is 0 Å². The molecule has 41 heavy (non-hydrogen) atoms. The first-order chi connectivity index (χ1) is 19.4. The number of ether oxygens (including phenoxy) is 1. The van der Waals surface area contributed by atoms with Crippen LogP contribution in [-0.4, -0.2) is 54.0 Å². The summed E-state index contributed by atoms with van der Waals surface area (Å²) < 4.78 is 13.9. The molecule has 7 nitrogen and oxygen atoms in total.